The summed E-state index contributed by atoms with van der Waals surface area (Å²) in [5.74, 6) is -0.936. The van der Waals surface area contributed by atoms with Gasteiger partial charge in [-0.15, -0.1) is 0 Å². The number of aliphatic carboxylic acids is 1. The Hall–Kier alpha value is -1.36. The van der Waals surface area contributed by atoms with Gasteiger partial charge in [0.15, 0.2) is 0 Å². The lowest BCUT2D eigenvalue weighted by molar-refractivity contribution is -0.136. The quantitative estimate of drug-likeness (QED) is 0.736. The first kappa shape index (κ1) is 11.7. The third-order valence-corrected chi connectivity index (χ3v) is 2.83. The summed E-state index contributed by atoms with van der Waals surface area (Å²) < 4.78 is 21.6. The molecule has 0 aromatic heterocycles. The first-order valence-corrected chi connectivity index (χ1v) is 5.67. The van der Waals surface area contributed by atoms with Crippen molar-refractivity contribution in [3.05, 3.63) is 23.3 Å². The predicted molar refractivity (Wildman–Crippen MR) is 57.3 cm³/mol. The van der Waals surface area contributed by atoms with Crippen molar-refractivity contribution in [3.63, 3.8) is 0 Å². The summed E-state index contributed by atoms with van der Waals surface area (Å²) in [7, 11) is -2.25. The highest BCUT2D eigenvalue weighted by atomic mass is 32.2. The van der Waals surface area contributed by atoms with Crippen molar-refractivity contribution in [2.45, 2.75) is 26.2 Å². The van der Waals surface area contributed by atoms with E-state index in [1.165, 1.54) is 0 Å². The Morgan fingerprint density at radius 3 is 2.60 bits per heavy atom. The molecular formula is C10H12O4S. The van der Waals surface area contributed by atoms with Crippen molar-refractivity contribution in [1.82, 2.24) is 0 Å². The van der Waals surface area contributed by atoms with Crippen molar-refractivity contribution < 1.29 is 18.3 Å². The van der Waals surface area contributed by atoms with Gasteiger partial charge in [0.05, 0.1) is 11.3 Å². The van der Waals surface area contributed by atoms with Crippen LogP contribution in [-0.4, -0.2) is 24.4 Å². The molecule has 4 nitrogen and oxygen atoms in total. The molecule has 0 heterocycles. The van der Waals surface area contributed by atoms with Crippen molar-refractivity contribution in [2.75, 3.05) is 0 Å². The van der Waals surface area contributed by atoms with E-state index in [2.05, 4.69) is 0 Å². The minimum atomic E-state index is -2.25. The Bertz CT molecular complexity index is 458. The summed E-state index contributed by atoms with van der Waals surface area (Å²) >= 11 is 0. The van der Waals surface area contributed by atoms with E-state index in [4.69, 9.17) is 5.11 Å². The van der Waals surface area contributed by atoms with Crippen molar-refractivity contribution >= 4 is 21.1 Å². The monoisotopic (exact) mass is 228 g/mol. The summed E-state index contributed by atoms with van der Waals surface area (Å²) in [4.78, 5) is 10.8. The first-order valence-electron chi connectivity index (χ1n) is 4.59. The molecular weight excluding hydrogens is 216 g/mol. The van der Waals surface area contributed by atoms with Gasteiger partial charge in [-0.1, -0.05) is 18.6 Å². The second-order valence-corrected chi connectivity index (χ2v) is 4.32. The number of hydrogen-bond donors (Lipinski definition) is 1. The van der Waals surface area contributed by atoms with E-state index >= 15 is 0 Å². The maximum absolute atomic E-state index is 10.8. The van der Waals surface area contributed by atoms with E-state index < -0.39 is 16.3 Å². The highest BCUT2D eigenvalue weighted by Gasteiger charge is 2.13. The molecule has 0 spiro atoms. The molecule has 0 fully saturated rings. The SMILES string of the molecule is CCC1=CC(=S(=O)=O)CC(CC(=O)O)=C1. The van der Waals surface area contributed by atoms with Crippen molar-refractivity contribution in [3.8, 4) is 0 Å². The molecule has 1 N–H and O–H groups in total. The number of allylic oxidation sites excluding steroid dienone is 3. The average Bonchev–Trinajstić information content (AvgIpc) is 2.16. The predicted octanol–water partition coefficient (Wildman–Crippen LogP) is 1.18. The summed E-state index contributed by atoms with van der Waals surface area (Å²) in [5.41, 5.74) is 1.50. The fourth-order valence-corrected chi connectivity index (χ4v) is 2.01. The third kappa shape index (κ3) is 3.36. The molecule has 0 saturated carbocycles. The van der Waals surface area contributed by atoms with Crippen LogP contribution in [0.1, 0.15) is 26.2 Å². The van der Waals surface area contributed by atoms with Crippen LogP contribution in [0.3, 0.4) is 0 Å². The van der Waals surface area contributed by atoms with E-state index in [0.717, 1.165) is 5.57 Å². The molecule has 0 atom stereocenters. The molecule has 15 heavy (non-hydrogen) atoms. The van der Waals surface area contributed by atoms with Crippen molar-refractivity contribution in [1.29, 1.82) is 0 Å². The van der Waals surface area contributed by atoms with Gasteiger partial charge in [-0.2, -0.15) is 8.42 Å². The van der Waals surface area contributed by atoms with Gasteiger partial charge in [-0.25, -0.2) is 0 Å². The maximum atomic E-state index is 10.8. The minimum Gasteiger partial charge on any atom is -0.481 e. The molecule has 0 amide bonds. The third-order valence-electron chi connectivity index (χ3n) is 2.14. The van der Waals surface area contributed by atoms with E-state index in [0.29, 0.717) is 12.0 Å². The molecule has 1 aliphatic carbocycles. The minimum absolute atomic E-state index is 0.0992. The van der Waals surface area contributed by atoms with E-state index in [1.807, 2.05) is 6.92 Å². The van der Waals surface area contributed by atoms with Crippen LogP contribution in [-0.2, 0) is 15.1 Å². The topological polar surface area (TPSA) is 71.4 Å². The Labute approximate surface area is 89.5 Å². The summed E-state index contributed by atoms with van der Waals surface area (Å²) in [6.07, 6.45) is 4.19. The summed E-state index contributed by atoms with van der Waals surface area (Å²) in [6, 6.07) is 0. The van der Waals surface area contributed by atoms with Gasteiger partial charge >= 0.3 is 5.97 Å². The van der Waals surface area contributed by atoms with Gasteiger partial charge in [0, 0.05) is 6.42 Å². The number of rotatable bonds is 3. The smallest absolute Gasteiger partial charge is 0.307 e. The second-order valence-electron chi connectivity index (χ2n) is 3.32. The zero-order valence-corrected chi connectivity index (χ0v) is 9.17. The number of carboxylic acids is 1. The van der Waals surface area contributed by atoms with E-state index in [-0.39, 0.29) is 17.7 Å². The van der Waals surface area contributed by atoms with Crippen LogP contribution in [0.5, 0.6) is 0 Å². The number of carbonyl (C=O) groups is 1. The van der Waals surface area contributed by atoms with Gasteiger partial charge in [-0.3, -0.25) is 4.79 Å². The largest absolute Gasteiger partial charge is 0.481 e. The first-order chi connectivity index (χ1) is 7.02. The lowest BCUT2D eigenvalue weighted by Gasteiger charge is -2.11. The van der Waals surface area contributed by atoms with Crippen LogP contribution in [0.15, 0.2) is 23.3 Å². The fraction of sp³-hybridized carbons (Fsp3) is 0.400. The van der Waals surface area contributed by atoms with Gasteiger partial charge in [0.1, 0.15) is 0 Å². The molecule has 1 rings (SSSR count). The second kappa shape index (κ2) is 4.93. The van der Waals surface area contributed by atoms with Crippen LogP contribution in [0.4, 0.5) is 0 Å². The molecule has 0 saturated heterocycles. The number of carboxylic acid groups (broad SMARTS) is 1. The van der Waals surface area contributed by atoms with Crippen molar-refractivity contribution in [2.24, 2.45) is 0 Å². The highest BCUT2D eigenvalue weighted by molar-refractivity contribution is 7.73. The molecule has 0 aliphatic heterocycles. The number of hydrogen-bond acceptors (Lipinski definition) is 3. The zero-order valence-electron chi connectivity index (χ0n) is 8.36. The van der Waals surface area contributed by atoms with Gasteiger partial charge in [-0.05, 0) is 18.1 Å². The normalized spacial score (nSPS) is 15.7. The van der Waals surface area contributed by atoms with Crippen LogP contribution >= 0.6 is 0 Å². The van der Waals surface area contributed by atoms with Crippen LogP contribution < -0.4 is 0 Å². The average molecular weight is 228 g/mol. The Morgan fingerprint density at radius 1 is 1.47 bits per heavy atom. The van der Waals surface area contributed by atoms with Crippen LogP contribution in [0, 0.1) is 0 Å². The molecule has 82 valence electrons. The molecule has 0 unspecified atom stereocenters. The Balaban J connectivity index is 3.04. The van der Waals surface area contributed by atoms with Crippen LogP contribution in [0.25, 0.3) is 0 Å². The molecule has 5 heteroatoms. The Kier molecular flexibility index (Phi) is 3.85. The van der Waals surface area contributed by atoms with Crippen LogP contribution in [0.2, 0.25) is 0 Å². The Morgan fingerprint density at radius 2 is 2.13 bits per heavy atom. The highest BCUT2D eigenvalue weighted by Crippen LogP contribution is 2.20. The molecule has 1 aliphatic rings. The van der Waals surface area contributed by atoms with Gasteiger partial charge in [0.25, 0.3) is 0 Å². The van der Waals surface area contributed by atoms with E-state index in [9.17, 15) is 13.2 Å². The molecule has 0 aromatic rings. The molecule has 0 radical (unpaired) electrons. The molecule has 0 bridgehead atoms. The zero-order chi connectivity index (χ0) is 11.4. The maximum Gasteiger partial charge on any atom is 0.307 e. The lowest BCUT2D eigenvalue weighted by atomic mass is 9.96. The lowest BCUT2D eigenvalue weighted by Crippen LogP contribution is -2.08. The standard InChI is InChI=1S/C10H12O4S/c1-2-7-3-8(6-10(11)12)5-9(4-7)15(13)14/h3-4H,2,5-6H2,1H3,(H,11,12). The molecule has 0 aromatic carbocycles. The van der Waals surface area contributed by atoms with Gasteiger partial charge < -0.3 is 5.11 Å². The summed E-state index contributed by atoms with van der Waals surface area (Å²) in [5, 5.41) is 8.63. The van der Waals surface area contributed by atoms with E-state index in [1.54, 1.807) is 12.2 Å². The van der Waals surface area contributed by atoms with Gasteiger partial charge in [0.2, 0.25) is 10.3 Å². The summed E-state index contributed by atoms with van der Waals surface area (Å²) in [6.45, 7) is 1.90. The fourth-order valence-electron chi connectivity index (χ4n) is 1.46.